The van der Waals surface area contributed by atoms with Gasteiger partial charge in [-0.25, -0.2) is 0 Å². The smallest absolute Gasteiger partial charge is 0.379 e. The zero-order chi connectivity index (χ0) is 19.4. The van der Waals surface area contributed by atoms with E-state index in [1.807, 2.05) is 6.07 Å². The lowest BCUT2D eigenvalue weighted by molar-refractivity contribution is -0.136. The number of halogens is 4. The van der Waals surface area contributed by atoms with Crippen LogP contribution in [-0.2, 0) is 17.5 Å². The Bertz CT molecular complexity index is 821. The average Bonchev–Trinajstić information content (AvgIpc) is 2.63. The highest BCUT2D eigenvalue weighted by molar-refractivity contribution is 6.30. The predicted molar refractivity (Wildman–Crippen MR) is 96.9 cm³/mol. The van der Waals surface area contributed by atoms with Crippen molar-refractivity contribution in [2.24, 2.45) is 0 Å². The number of benzene rings is 2. The van der Waals surface area contributed by atoms with E-state index in [-0.39, 0.29) is 10.7 Å². The van der Waals surface area contributed by atoms with Gasteiger partial charge in [0.2, 0.25) is 0 Å². The molecule has 0 bridgehead atoms. The highest BCUT2D eigenvalue weighted by Gasteiger charge is 2.34. The van der Waals surface area contributed by atoms with Crippen LogP contribution in [0.15, 0.2) is 42.5 Å². The molecule has 1 aliphatic rings. The molecule has 1 heterocycles. The number of anilines is 1. The summed E-state index contributed by atoms with van der Waals surface area (Å²) in [6.45, 7) is 3.58. The van der Waals surface area contributed by atoms with Crippen LogP contribution < -0.4 is 5.32 Å². The minimum atomic E-state index is -4.62. The summed E-state index contributed by atoms with van der Waals surface area (Å²) in [5.41, 5.74) is -0.0937. The van der Waals surface area contributed by atoms with Gasteiger partial charge in [0, 0.05) is 30.2 Å². The van der Waals surface area contributed by atoms with Crippen LogP contribution in [0.4, 0.5) is 18.9 Å². The molecular weight excluding hydrogens is 381 g/mol. The van der Waals surface area contributed by atoms with Gasteiger partial charge >= 0.3 is 6.18 Å². The van der Waals surface area contributed by atoms with Gasteiger partial charge in [-0.05, 0) is 35.9 Å². The van der Waals surface area contributed by atoms with E-state index < -0.39 is 17.6 Å². The molecular formula is C19H18ClF3N2O2. The topological polar surface area (TPSA) is 41.6 Å². The van der Waals surface area contributed by atoms with Crippen molar-refractivity contribution in [3.63, 3.8) is 0 Å². The van der Waals surface area contributed by atoms with Crippen molar-refractivity contribution >= 4 is 23.2 Å². The Balaban J connectivity index is 1.76. The number of carbonyl (C=O) groups excluding carboxylic acids is 1. The van der Waals surface area contributed by atoms with Crippen molar-refractivity contribution in [2.45, 2.75) is 12.7 Å². The zero-order valence-corrected chi connectivity index (χ0v) is 15.1. The van der Waals surface area contributed by atoms with E-state index in [1.165, 1.54) is 6.07 Å². The molecule has 0 saturated carbocycles. The van der Waals surface area contributed by atoms with Gasteiger partial charge in [0.1, 0.15) is 0 Å². The molecule has 3 rings (SSSR count). The molecule has 8 heteroatoms. The molecule has 1 amide bonds. The molecule has 4 nitrogen and oxygen atoms in total. The van der Waals surface area contributed by atoms with E-state index >= 15 is 0 Å². The number of hydrogen-bond acceptors (Lipinski definition) is 3. The summed E-state index contributed by atoms with van der Waals surface area (Å²) in [6.07, 6.45) is -4.62. The van der Waals surface area contributed by atoms with Crippen LogP contribution in [0.1, 0.15) is 21.5 Å². The Kier molecular flexibility index (Phi) is 6.04. The molecule has 2 aromatic rings. The number of rotatable bonds is 4. The van der Waals surface area contributed by atoms with Gasteiger partial charge in [0.05, 0.1) is 24.5 Å². The number of amides is 1. The largest absolute Gasteiger partial charge is 0.418 e. The van der Waals surface area contributed by atoms with E-state index in [0.717, 1.165) is 30.8 Å². The number of morpholine rings is 1. The first-order chi connectivity index (χ1) is 12.8. The second-order valence-corrected chi connectivity index (χ2v) is 6.67. The standard InChI is InChI=1S/C19H18ClF3N2O2/c20-15-4-5-17(16(11-15)19(21,22)23)24-18(26)14-3-1-2-13(10-14)12-25-6-8-27-9-7-25/h1-5,10-11H,6-9,12H2,(H,24,26). The Morgan fingerprint density at radius 3 is 2.59 bits per heavy atom. The van der Waals surface area contributed by atoms with Gasteiger partial charge < -0.3 is 10.1 Å². The minimum Gasteiger partial charge on any atom is -0.379 e. The first-order valence-electron chi connectivity index (χ1n) is 8.40. The maximum atomic E-state index is 13.2. The molecule has 1 N–H and O–H groups in total. The molecule has 2 aromatic carbocycles. The Labute approximate surface area is 159 Å². The lowest BCUT2D eigenvalue weighted by Gasteiger charge is -2.26. The van der Waals surface area contributed by atoms with Crippen LogP contribution in [0, 0.1) is 0 Å². The third kappa shape index (κ3) is 5.22. The summed E-state index contributed by atoms with van der Waals surface area (Å²) >= 11 is 5.66. The van der Waals surface area contributed by atoms with Crippen LogP contribution in [0.25, 0.3) is 0 Å². The molecule has 0 atom stereocenters. The summed E-state index contributed by atoms with van der Waals surface area (Å²) in [4.78, 5) is 14.7. The number of carbonyl (C=O) groups is 1. The second kappa shape index (κ2) is 8.29. The Morgan fingerprint density at radius 2 is 1.89 bits per heavy atom. The second-order valence-electron chi connectivity index (χ2n) is 6.23. The summed E-state index contributed by atoms with van der Waals surface area (Å²) in [6, 6.07) is 10.1. The van der Waals surface area contributed by atoms with Crippen molar-refractivity contribution in [1.82, 2.24) is 4.90 Å². The van der Waals surface area contributed by atoms with E-state index in [0.29, 0.717) is 25.3 Å². The number of nitrogens with one attached hydrogen (secondary N) is 1. The third-order valence-electron chi connectivity index (χ3n) is 4.23. The van der Waals surface area contributed by atoms with Crippen molar-refractivity contribution in [2.75, 3.05) is 31.6 Å². The first-order valence-corrected chi connectivity index (χ1v) is 8.78. The van der Waals surface area contributed by atoms with Gasteiger partial charge in [-0.2, -0.15) is 13.2 Å². The maximum absolute atomic E-state index is 13.2. The van der Waals surface area contributed by atoms with Crippen molar-refractivity contribution in [3.05, 3.63) is 64.2 Å². The van der Waals surface area contributed by atoms with E-state index in [2.05, 4.69) is 10.2 Å². The molecule has 1 fully saturated rings. The van der Waals surface area contributed by atoms with E-state index in [4.69, 9.17) is 16.3 Å². The van der Waals surface area contributed by atoms with E-state index in [9.17, 15) is 18.0 Å². The van der Waals surface area contributed by atoms with Crippen molar-refractivity contribution in [3.8, 4) is 0 Å². The van der Waals surface area contributed by atoms with E-state index in [1.54, 1.807) is 18.2 Å². The van der Waals surface area contributed by atoms with Crippen LogP contribution in [0.2, 0.25) is 5.02 Å². The summed E-state index contributed by atoms with van der Waals surface area (Å²) in [5.74, 6) is -0.605. The van der Waals surface area contributed by atoms with Gasteiger partial charge in [0.25, 0.3) is 5.91 Å². The third-order valence-corrected chi connectivity index (χ3v) is 4.47. The minimum absolute atomic E-state index is 0.0483. The molecule has 0 unspecified atom stereocenters. The lowest BCUT2D eigenvalue weighted by atomic mass is 10.1. The molecule has 0 aliphatic carbocycles. The normalized spacial score (nSPS) is 15.6. The number of nitrogens with zero attached hydrogens (tertiary/aromatic N) is 1. The highest BCUT2D eigenvalue weighted by atomic mass is 35.5. The molecule has 1 aliphatic heterocycles. The SMILES string of the molecule is O=C(Nc1ccc(Cl)cc1C(F)(F)F)c1cccc(CN2CCOCC2)c1. The van der Waals surface area contributed by atoms with Crippen LogP contribution >= 0.6 is 11.6 Å². The Hall–Kier alpha value is -2.09. The fraction of sp³-hybridized carbons (Fsp3) is 0.316. The fourth-order valence-electron chi connectivity index (χ4n) is 2.88. The average molecular weight is 399 g/mol. The monoisotopic (exact) mass is 398 g/mol. The zero-order valence-electron chi connectivity index (χ0n) is 14.4. The number of alkyl halides is 3. The number of hydrogen-bond donors (Lipinski definition) is 1. The Morgan fingerprint density at radius 1 is 1.15 bits per heavy atom. The molecule has 27 heavy (non-hydrogen) atoms. The van der Waals surface area contributed by atoms with Gasteiger partial charge in [-0.1, -0.05) is 23.7 Å². The summed E-state index contributed by atoms with van der Waals surface area (Å²) < 4.78 is 44.8. The van der Waals surface area contributed by atoms with Crippen LogP contribution in [0.5, 0.6) is 0 Å². The van der Waals surface area contributed by atoms with Gasteiger partial charge in [-0.15, -0.1) is 0 Å². The number of ether oxygens (including phenoxy) is 1. The van der Waals surface area contributed by atoms with Crippen molar-refractivity contribution in [1.29, 1.82) is 0 Å². The molecule has 144 valence electrons. The highest BCUT2D eigenvalue weighted by Crippen LogP contribution is 2.36. The van der Waals surface area contributed by atoms with Crippen molar-refractivity contribution < 1.29 is 22.7 Å². The maximum Gasteiger partial charge on any atom is 0.418 e. The predicted octanol–water partition coefficient (Wildman–Crippen LogP) is 4.44. The molecule has 0 aromatic heterocycles. The summed E-state index contributed by atoms with van der Waals surface area (Å²) in [7, 11) is 0. The first kappa shape index (κ1) is 19.7. The van der Waals surface area contributed by atoms with Gasteiger partial charge in [0.15, 0.2) is 0 Å². The van der Waals surface area contributed by atoms with Crippen LogP contribution in [0.3, 0.4) is 0 Å². The molecule has 1 saturated heterocycles. The quantitative estimate of drug-likeness (QED) is 0.827. The molecule has 0 radical (unpaired) electrons. The molecule has 0 spiro atoms. The van der Waals surface area contributed by atoms with Gasteiger partial charge in [-0.3, -0.25) is 9.69 Å². The van der Waals surface area contributed by atoms with Crippen LogP contribution in [-0.4, -0.2) is 37.1 Å². The summed E-state index contributed by atoms with van der Waals surface area (Å²) in [5, 5.41) is 2.29. The fourth-order valence-corrected chi connectivity index (χ4v) is 3.05. The lowest BCUT2D eigenvalue weighted by Crippen LogP contribution is -2.35.